The number of benzene rings is 1. The van der Waals surface area contributed by atoms with E-state index in [2.05, 4.69) is 5.10 Å². The molecule has 0 N–H and O–H groups in total. The van der Waals surface area contributed by atoms with Gasteiger partial charge in [0.15, 0.2) is 5.69 Å². The summed E-state index contributed by atoms with van der Waals surface area (Å²) in [6.45, 7) is 1.98. The number of ether oxygens (including phenoxy) is 3. The molecule has 22 heavy (non-hydrogen) atoms. The highest BCUT2D eigenvalue weighted by Gasteiger charge is 2.24. The fraction of sp³-hybridized carbons (Fsp3) is 0.333. The summed E-state index contributed by atoms with van der Waals surface area (Å²) in [5.74, 6) is 0.683. The zero-order valence-corrected chi connectivity index (χ0v) is 13.6. The zero-order chi connectivity index (χ0) is 16.3. The number of hydrogen-bond donors (Lipinski definition) is 0. The van der Waals surface area contributed by atoms with Gasteiger partial charge in [0, 0.05) is 12.6 Å². The minimum atomic E-state index is -0.559. The molecule has 1 heterocycles. The lowest BCUT2D eigenvalue weighted by Crippen LogP contribution is -2.06. The molecule has 7 heteroatoms. The molecule has 0 radical (unpaired) electrons. The van der Waals surface area contributed by atoms with Crippen molar-refractivity contribution in [2.75, 3.05) is 20.8 Å². The topological polar surface area (TPSA) is 62.6 Å². The molecule has 0 bridgehead atoms. The fourth-order valence-electron chi connectivity index (χ4n) is 2.12. The number of hydrogen-bond acceptors (Lipinski definition) is 5. The first-order valence-corrected chi connectivity index (χ1v) is 7.03. The Bertz CT molecular complexity index is 697. The Morgan fingerprint density at radius 1 is 1.32 bits per heavy atom. The molecule has 0 saturated heterocycles. The highest BCUT2D eigenvalue weighted by molar-refractivity contribution is 6.36. The summed E-state index contributed by atoms with van der Waals surface area (Å²) in [4.78, 5) is 11.9. The van der Waals surface area contributed by atoms with Crippen molar-refractivity contribution in [3.05, 3.63) is 28.9 Å². The summed E-state index contributed by atoms with van der Waals surface area (Å²) in [6.07, 6.45) is 0. The van der Waals surface area contributed by atoms with Crippen molar-refractivity contribution in [3.8, 4) is 22.8 Å². The van der Waals surface area contributed by atoms with E-state index in [0.717, 1.165) is 0 Å². The molecule has 0 atom stereocenters. The Balaban J connectivity index is 2.60. The van der Waals surface area contributed by atoms with Gasteiger partial charge in [-0.25, -0.2) is 4.79 Å². The van der Waals surface area contributed by atoms with Crippen LogP contribution in [-0.4, -0.2) is 36.6 Å². The number of carbonyl (C=O) groups excluding carboxylic acids is 1. The Hall–Kier alpha value is -2.21. The lowest BCUT2D eigenvalue weighted by molar-refractivity contribution is 0.0519. The van der Waals surface area contributed by atoms with E-state index in [0.29, 0.717) is 22.8 Å². The van der Waals surface area contributed by atoms with Gasteiger partial charge in [-0.1, -0.05) is 11.6 Å². The van der Waals surface area contributed by atoms with Crippen LogP contribution in [0.4, 0.5) is 0 Å². The van der Waals surface area contributed by atoms with Crippen LogP contribution in [0.1, 0.15) is 17.4 Å². The molecule has 118 valence electrons. The third-order valence-electron chi connectivity index (χ3n) is 3.12. The molecule has 6 nitrogen and oxygen atoms in total. The van der Waals surface area contributed by atoms with Gasteiger partial charge in [-0.05, 0) is 25.1 Å². The molecular weight excluding hydrogens is 308 g/mol. The number of halogens is 1. The second-order valence-corrected chi connectivity index (χ2v) is 4.80. The van der Waals surface area contributed by atoms with Crippen molar-refractivity contribution < 1.29 is 19.0 Å². The van der Waals surface area contributed by atoms with E-state index < -0.39 is 5.97 Å². The number of rotatable bonds is 5. The molecule has 1 aromatic heterocycles. The molecule has 0 amide bonds. The number of carbonyl (C=O) groups is 1. The zero-order valence-electron chi connectivity index (χ0n) is 12.8. The highest BCUT2D eigenvalue weighted by atomic mass is 35.5. The second kappa shape index (κ2) is 6.70. The van der Waals surface area contributed by atoms with Crippen molar-refractivity contribution in [1.82, 2.24) is 9.78 Å². The SMILES string of the molecule is CCOC(=O)c1nn(C)c(-c2cc(OC)ccc2OC)c1Cl. The first-order valence-electron chi connectivity index (χ1n) is 6.65. The third-order valence-corrected chi connectivity index (χ3v) is 3.48. The molecular formula is C15H17ClN2O4. The Labute approximate surface area is 133 Å². The number of esters is 1. The summed E-state index contributed by atoms with van der Waals surface area (Å²) in [7, 11) is 4.82. The Kier molecular flexibility index (Phi) is 4.92. The molecule has 0 unspecified atom stereocenters. The van der Waals surface area contributed by atoms with E-state index in [-0.39, 0.29) is 17.3 Å². The van der Waals surface area contributed by atoms with Crippen LogP contribution in [0, 0.1) is 0 Å². The van der Waals surface area contributed by atoms with Gasteiger partial charge in [0.05, 0.1) is 26.5 Å². The highest BCUT2D eigenvalue weighted by Crippen LogP contribution is 2.38. The predicted octanol–water partition coefficient (Wildman–Crippen LogP) is 2.93. The van der Waals surface area contributed by atoms with E-state index in [9.17, 15) is 4.79 Å². The molecule has 0 aliphatic carbocycles. The summed E-state index contributed by atoms with van der Waals surface area (Å²) >= 11 is 6.34. The maximum absolute atomic E-state index is 11.9. The minimum absolute atomic E-state index is 0.0749. The van der Waals surface area contributed by atoms with Crippen LogP contribution in [0.3, 0.4) is 0 Å². The van der Waals surface area contributed by atoms with E-state index in [1.54, 1.807) is 46.4 Å². The van der Waals surface area contributed by atoms with E-state index in [1.165, 1.54) is 4.68 Å². The molecule has 0 spiro atoms. The van der Waals surface area contributed by atoms with Crippen LogP contribution in [0.25, 0.3) is 11.3 Å². The minimum Gasteiger partial charge on any atom is -0.497 e. The Morgan fingerprint density at radius 2 is 2.05 bits per heavy atom. The summed E-state index contributed by atoms with van der Waals surface area (Å²) in [5.41, 5.74) is 1.31. The monoisotopic (exact) mass is 324 g/mol. The van der Waals surface area contributed by atoms with E-state index in [1.807, 2.05) is 0 Å². The van der Waals surface area contributed by atoms with Gasteiger partial charge >= 0.3 is 5.97 Å². The van der Waals surface area contributed by atoms with Crippen molar-refractivity contribution in [2.24, 2.45) is 7.05 Å². The Morgan fingerprint density at radius 3 is 2.64 bits per heavy atom. The van der Waals surface area contributed by atoms with Crippen molar-refractivity contribution in [1.29, 1.82) is 0 Å². The molecule has 0 fully saturated rings. The lowest BCUT2D eigenvalue weighted by atomic mass is 10.1. The van der Waals surface area contributed by atoms with Gasteiger partial charge in [0.25, 0.3) is 0 Å². The largest absolute Gasteiger partial charge is 0.497 e. The molecule has 2 aromatic rings. The van der Waals surface area contributed by atoms with Gasteiger partial charge in [-0.2, -0.15) is 5.10 Å². The van der Waals surface area contributed by atoms with Crippen LogP contribution < -0.4 is 9.47 Å². The average Bonchev–Trinajstić information content (AvgIpc) is 2.81. The molecule has 0 saturated carbocycles. The standard InChI is InChI=1S/C15H17ClN2O4/c1-5-22-15(19)13-12(16)14(18(2)17-13)10-8-9(20-3)6-7-11(10)21-4/h6-8H,5H2,1-4H3. The number of methoxy groups -OCH3 is 2. The second-order valence-electron chi connectivity index (χ2n) is 4.42. The average molecular weight is 325 g/mol. The first kappa shape index (κ1) is 16.2. The van der Waals surface area contributed by atoms with Gasteiger partial charge < -0.3 is 14.2 Å². The maximum atomic E-state index is 11.9. The predicted molar refractivity (Wildman–Crippen MR) is 82.7 cm³/mol. The van der Waals surface area contributed by atoms with Gasteiger partial charge in [-0.15, -0.1) is 0 Å². The molecule has 0 aliphatic rings. The van der Waals surface area contributed by atoms with E-state index in [4.69, 9.17) is 25.8 Å². The number of aryl methyl sites for hydroxylation is 1. The first-order chi connectivity index (χ1) is 10.5. The fourth-order valence-corrected chi connectivity index (χ4v) is 2.46. The third kappa shape index (κ3) is 2.87. The van der Waals surface area contributed by atoms with Crippen LogP contribution in [0.15, 0.2) is 18.2 Å². The van der Waals surface area contributed by atoms with Crippen molar-refractivity contribution >= 4 is 17.6 Å². The lowest BCUT2D eigenvalue weighted by Gasteiger charge is -2.11. The van der Waals surface area contributed by atoms with E-state index >= 15 is 0 Å². The van der Waals surface area contributed by atoms with Crippen molar-refractivity contribution in [3.63, 3.8) is 0 Å². The normalized spacial score (nSPS) is 10.4. The van der Waals surface area contributed by atoms with Gasteiger partial charge in [0.1, 0.15) is 16.5 Å². The number of aromatic nitrogens is 2. The van der Waals surface area contributed by atoms with Crippen LogP contribution in [-0.2, 0) is 11.8 Å². The van der Waals surface area contributed by atoms with Gasteiger partial charge in [0.2, 0.25) is 0 Å². The quantitative estimate of drug-likeness (QED) is 0.791. The number of nitrogens with zero attached hydrogens (tertiary/aromatic N) is 2. The molecule has 0 aliphatic heterocycles. The summed E-state index contributed by atoms with van der Waals surface area (Å²) < 4.78 is 17.1. The summed E-state index contributed by atoms with van der Waals surface area (Å²) in [6, 6.07) is 5.32. The smallest absolute Gasteiger partial charge is 0.360 e. The molecule has 2 rings (SSSR count). The van der Waals surface area contributed by atoms with Crippen LogP contribution in [0.2, 0.25) is 5.02 Å². The van der Waals surface area contributed by atoms with Gasteiger partial charge in [-0.3, -0.25) is 4.68 Å². The van der Waals surface area contributed by atoms with Crippen LogP contribution >= 0.6 is 11.6 Å². The van der Waals surface area contributed by atoms with Crippen LogP contribution in [0.5, 0.6) is 11.5 Å². The van der Waals surface area contributed by atoms with Crippen molar-refractivity contribution in [2.45, 2.75) is 6.92 Å². The maximum Gasteiger partial charge on any atom is 0.360 e. The molecule has 1 aromatic carbocycles. The summed E-state index contributed by atoms with van der Waals surface area (Å²) in [5, 5.41) is 4.37.